The number of likely N-dealkylation sites (N-methyl/N-ethyl adjacent to an activating group) is 2. The van der Waals surface area contributed by atoms with Crippen molar-refractivity contribution in [2.45, 2.75) is 62.8 Å². The highest BCUT2D eigenvalue weighted by Gasteiger charge is 2.41. The predicted molar refractivity (Wildman–Crippen MR) is 206 cm³/mol. The second-order valence-corrected chi connectivity index (χ2v) is 16.4. The van der Waals surface area contributed by atoms with Gasteiger partial charge in [0.2, 0.25) is 5.71 Å². The molecule has 4 aromatic carbocycles. The van der Waals surface area contributed by atoms with Crippen molar-refractivity contribution in [1.82, 2.24) is 0 Å². The number of para-hydroxylation sites is 2. The third-order valence-electron chi connectivity index (χ3n) is 10.8. The van der Waals surface area contributed by atoms with Crippen LogP contribution in [0, 0.1) is 0 Å². The highest BCUT2D eigenvalue weighted by Crippen LogP contribution is 2.48. The molecule has 3 aliphatic rings. The van der Waals surface area contributed by atoms with Crippen molar-refractivity contribution in [1.29, 1.82) is 0 Å². The lowest BCUT2D eigenvalue weighted by Gasteiger charge is -2.24. The SMILES string of the molecule is CN1C(=CC=C2CCC(=CC=C3N(C)c4ccccc4C3(C)C)C2=[N+](Cc2ccccc2)S(=O)(=O)c2ccccc2)C(C)(C)c2ccccc21. The summed E-state index contributed by atoms with van der Waals surface area (Å²) in [5.41, 5.74) is 10.7. The molecule has 6 heteroatoms. The third kappa shape index (κ3) is 5.66. The molecule has 0 aromatic heterocycles. The number of hydrogen-bond donors (Lipinski definition) is 0. The maximum Gasteiger partial charge on any atom is 0.395 e. The number of anilines is 2. The van der Waals surface area contributed by atoms with Crippen molar-refractivity contribution in [3.63, 3.8) is 0 Å². The Morgan fingerprint density at radius 3 is 1.48 bits per heavy atom. The molecule has 254 valence electrons. The van der Waals surface area contributed by atoms with Crippen molar-refractivity contribution >= 4 is 27.1 Å². The minimum absolute atomic E-state index is 0.197. The molecule has 7 rings (SSSR count). The van der Waals surface area contributed by atoms with Crippen LogP contribution < -0.4 is 9.80 Å². The van der Waals surface area contributed by atoms with Crippen molar-refractivity contribution in [2.75, 3.05) is 23.9 Å². The Morgan fingerprint density at radius 2 is 1.02 bits per heavy atom. The number of hydrogen-bond acceptors (Lipinski definition) is 4. The van der Waals surface area contributed by atoms with E-state index in [2.05, 4.69) is 124 Å². The Morgan fingerprint density at radius 1 is 0.600 bits per heavy atom. The van der Waals surface area contributed by atoms with Gasteiger partial charge in [-0.3, -0.25) is 0 Å². The topological polar surface area (TPSA) is 43.6 Å². The Balaban J connectivity index is 1.43. The van der Waals surface area contributed by atoms with Crippen LogP contribution in [0.4, 0.5) is 11.4 Å². The number of nitrogens with zero attached hydrogens (tertiary/aromatic N) is 3. The molecule has 1 aliphatic carbocycles. The van der Waals surface area contributed by atoms with Gasteiger partial charge in [-0.15, -0.1) is 3.98 Å². The molecule has 50 heavy (non-hydrogen) atoms. The fourth-order valence-electron chi connectivity index (χ4n) is 8.07. The van der Waals surface area contributed by atoms with E-state index in [1.165, 1.54) is 33.9 Å². The van der Waals surface area contributed by atoms with Crippen molar-refractivity contribution in [3.8, 4) is 0 Å². The van der Waals surface area contributed by atoms with E-state index in [0.717, 1.165) is 35.3 Å². The number of allylic oxidation sites excluding steroid dienone is 8. The van der Waals surface area contributed by atoms with Crippen LogP contribution in [-0.2, 0) is 27.4 Å². The molecule has 0 spiro atoms. The van der Waals surface area contributed by atoms with Gasteiger partial charge in [0, 0.05) is 64.4 Å². The van der Waals surface area contributed by atoms with E-state index in [9.17, 15) is 8.42 Å². The lowest BCUT2D eigenvalue weighted by atomic mass is 9.83. The molecular formula is C44H46N3O2S+. The fourth-order valence-corrected chi connectivity index (χ4v) is 9.62. The maximum absolute atomic E-state index is 14.7. The Bertz CT molecular complexity index is 2120. The van der Waals surface area contributed by atoms with E-state index in [-0.39, 0.29) is 22.3 Å². The minimum atomic E-state index is -3.93. The van der Waals surface area contributed by atoms with Crippen LogP contribution in [0.5, 0.6) is 0 Å². The van der Waals surface area contributed by atoms with Gasteiger partial charge < -0.3 is 9.80 Å². The van der Waals surface area contributed by atoms with Crippen LogP contribution in [-0.4, -0.2) is 32.2 Å². The number of benzene rings is 4. The molecule has 1 fully saturated rings. The summed E-state index contributed by atoms with van der Waals surface area (Å²) in [6.45, 7) is 9.26. The zero-order valence-corrected chi connectivity index (χ0v) is 30.7. The van der Waals surface area contributed by atoms with Crippen LogP contribution >= 0.6 is 0 Å². The highest BCUT2D eigenvalue weighted by atomic mass is 32.2. The molecule has 0 N–H and O–H groups in total. The molecule has 0 bridgehead atoms. The summed E-state index contributed by atoms with van der Waals surface area (Å²) < 4.78 is 31.1. The second-order valence-electron chi connectivity index (χ2n) is 14.5. The highest BCUT2D eigenvalue weighted by molar-refractivity contribution is 7.85. The molecule has 0 atom stereocenters. The van der Waals surface area contributed by atoms with Gasteiger partial charge in [-0.25, -0.2) is 0 Å². The monoisotopic (exact) mass is 680 g/mol. The number of rotatable bonds is 6. The van der Waals surface area contributed by atoms with Gasteiger partial charge in [-0.2, -0.15) is 8.42 Å². The van der Waals surface area contributed by atoms with E-state index < -0.39 is 10.0 Å². The molecule has 0 saturated heterocycles. The van der Waals surface area contributed by atoms with Crippen LogP contribution in [0.2, 0.25) is 0 Å². The first-order chi connectivity index (χ1) is 23.9. The summed E-state index contributed by atoms with van der Waals surface area (Å²) in [6.07, 6.45) is 10.2. The van der Waals surface area contributed by atoms with Gasteiger partial charge in [0.15, 0.2) is 6.54 Å². The van der Waals surface area contributed by atoms with E-state index in [1.54, 1.807) is 28.2 Å². The van der Waals surface area contributed by atoms with Crippen LogP contribution in [0.1, 0.15) is 57.2 Å². The molecule has 0 unspecified atom stereocenters. The van der Waals surface area contributed by atoms with Gasteiger partial charge in [0.25, 0.3) is 0 Å². The summed E-state index contributed by atoms with van der Waals surface area (Å²) in [6, 6.07) is 35.8. The Kier molecular flexibility index (Phi) is 8.55. The largest absolute Gasteiger partial charge is 0.395 e. The Hall–Kier alpha value is -4.94. The fraction of sp³-hybridized carbons (Fsp3) is 0.250. The Labute approximate surface area is 298 Å². The standard InChI is InChI=1S/C44H46N3O2S/c1-43(2)36-21-13-15-23-38(36)45(5)40(43)29-27-33-25-26-34(28-30-41-44(3,4)37-22-14-16-24-39(37)46(41)6)42(33)47(31-32-17-9-7-10-18-32)50(48,49)35-19-11-8-12-20-35/h7-24,27-30H,25-26,31H2,1-6H3/q+1. The molecule has 4 aromatic rings. The lowest BCUT2D eigenvalue weighted by molar-refractivity contribution is -0.383. The van der Waals surface area contributed by atoms with Crippen molar-refractivity contribution < 1.29 is 12.4 Å². The van der Waals surface area contributed by atoms with Gasteiger partial charge >= 0.3 is 10.0 Å². The first kappa shape index (κ1) is 33.6. The minimum Gasteiger partial charge on any atom is -0.347 e. The van der Waals surface area contributed by atoms with E-state index in [0.29, 0.717) is 0 Å². The van der Waals surface area contributed by atoms with Gasteiger partial charge in [0.1, 0.15) is 4.90 Å². The maximum atomic E-state index is 14.7. The summed E-state index contributed by atoms with van der Waals surface area (Å²) in [4.78, 5) is 4.81. The smallest absolute Gasteiger partial charge is 0.347 e. The first-order valence-corrected chi connectivity index (χ1v) is 18.8. The summed E-state index contributed by atoms with van der Waals surface area (Å²) >= 11 is 0. The van der Waals surface area contributed by atoms with Gasteiger partial charge in [0.05, 0.1) is 0 Å². The normalized spacial score (nSPS) is 21.0. The van der Waals surface area contributed by atoms with Gasteiger partial charge in [-0.05, 0) is 60.4 Å². The average Bonchev–Trinajstić information content (AvgIpc) is 3.67. The summed E-state index contributed by atoms with van der Waals surface area (Å²) in [5.74, 6) is 0. The number of fused-ring (bicyclic) bond motifs is 2. The molecule has 2 heterocycles. The predicted octanol–water partition coefficient (Wildman–Crippen LogP) is 9.30. The molecule has 0 radical (unpaired) electrons. The van der Waals surface area contributed by atoms with Crippen molar-refractivity contribution in [3.05, 3.63) is 173 Å². The molecule has 0 amide bonds. The van der Waals surface area contributed by atoms with Crippen LogP contribution in [0.3, 0.4) is 0 Å². The average molecular weight is 681 g/mol. The summed E-state index contributed by atoms with van der Waals surface area (Å²) in [7, 11) is 0.313. The van der Waals surface area contributed by atoms with Crippen molar-refractivity contribution in [2.24, 2.45) is 0 Å². The molecule has 2 aliphatic heterocycles. The number of sulfonamides is 1. The second kappa shape index (κ2) is 12.7. The van der Waals surface area contributed by atoms with Gasteiger partial charge in [-0.1, -0.05) is 125 Å². The zero-order valence-electron chi connectivity index (χ0n) is 29.9. The summed E-state index contributed by atoms with van der Waals surface area (Å²) in [5, 5.41) is 0. The zero-order chi connectivity index (χ0) is 35.3. The third-order valence-corrected chi connectivity index (χ3v) is 12.5. The molecule has 5 nitrogen and oxygen atoms in total. The van der Waals surface area contributed by atoms with E-state index in [1.807, 2.05) is 36.4 Å². The first-order valence-electron chi connectivity index (χ1n) is 17.4. The van der Waals surface area contributed by atoms with E-state index >= 15 is 0 Å². The van der Waals surface area contributed by atoms with Crippen LogP contribution in [0.15, 0.2) is 161 Å². The lowest BCUT2D eigenvalue weighted by Crippen LogP contribution is -2.28. The molecule has 1 saturated carbocycles. The van der Waals surface area contributed by atoms with Crippen LogP contribution in [0.25, 0.3) is 0 Å². The molecular weight excluding hydrogens is 635 g/mol. The van der Waals surface area contributed by atoms with E-state index in [4.69, 9.17) is 0 Å². The quantitative estimate of drug-likeness (QED) is 0.191.